The van der Waals surface area contributed by atoms with Crippen LogP contribution in [0.15, 0.2) is 23.6 Å². The predicted octanol–water partition coefficient (Wildman–Crippen LogP) is 4.96. The molecule has 0 spiro atoms. The average Bonchev–Trinajstić information content (AvgIpc) is 3.70. The number of halogens is 2. The number of piperidine rings is 1. The topological polar surface area (TPSA) is 147 Å². The molecule has 292 valence electrons. The number of rotatable bonds is 17. The minimum Gasteiger partial charge on any atom is -0.469 e. The van der Waals surface area contributed by atoms with Crippen molar-refractivity contribution < 1.29 is 42.2 Å². The van der Waals surface area contributed by atoms with E-state index in [9.17, 15) is 32.8 Å². The van der Waals surface area contributed by atoms with Crippen LogP contribution in [-0.2, 0) is 35.1 Å². The van der Waals surface area contributed by atoms with Gasteiger partial charge in [0.05, 0.1) is 19.1 Å². The Morgan fingerprint density at radius 2 is 1.75 bits per heavy atom. The second-order valence-corrected chi connectivity index (χ2v) is 15.7. The molecule has 12 nitrogen and oxygen atoms in total. The summed E-state index contributed by atoms with van der Waals surface area (Å²) in [6, 6.07) is 1.98. The third kappa shape index (κ3) is 11.3. The maximum absolute atomic E-state index is 14.0. The van der Waals surface area contributed by atoms with Crippen LogP contribution in [0.1, 0.15) is 106 Å². The summed E-state index contributed by atoms with van der Waals surface area (Å²) >= 11 is 1.14. The lowest BCUT2D eigenvalue weighted by molar-refractivity contribution is -0.149. The van der Waals surface area contributed by atoms with Crippen molar-refractivity contribution in [3.05, 3.63) is 51.5 Å². The number of carbonyl (C=O) groups is 5. The highest BCUT2D eigenvalue weighted by molar-refractivity contribution is 7.09. The first-order chi connectivity index (χ1) is 25.0. The number of aromatic nitrogens is 1. The number of ether oxygens (including phenoxy) is 2. The molecule has 1 aromatic heterocycles. The number of benzene rings is 1. The maximum atomic E-state index is 14.0. The van der Waals surface area contributed by atoms with Crippen LogP contribution in [0.5, 0.6) is 0 Å². The van der Waals surface area contributed by atoms with E-state index in [0.717, 1.165) is 43.2 Å². The van der Waals surface area contributed by atoms with Crippen LogP contribution < -0.4 is 10.6 Å². The van der Waals surface area contributed by atoms with Crippen LogP contribution in [0.25, 0.3) is 0 Å². The third-order valence-corrected chi connectivity index (χ3v) is 11.2. The SMILES string of the molecule is COC(=O)[C@@H](C)C[C@H](CCc1cc(F)cc(F)c1)NC(=O)c1csc([C@@H](C[C@H](C(C)C)N(C)C(=O)C2(NC(=O)[C@H]3CCCCN3C)CC2)OC(C)=O)n1. The zero-order valence-corrected chi connectivity index (χ0v) is 32.5. The van der Waals surface area contributed by atoms with E-state index in [1.54, 1.807) is 24.3 Å². The van der Waals surface area contributed by atoms with Gasteiger partial charge in [-0.3, -0.25) is 28.9 Å². The van der Waals surface area contributed by atoms with Gasteiger partial charge in [0.25, 0.3) is 5.91 Å². The Bertz CT molecular complexity index is 1610. The van der Waals surface area contributed by atoms with Gasteiger partial charge in [-0.25, -0.2) is 13.8 Å². The molecule has 2 heterocycles. The summed E-state index contributed by atoms with van der Waals surface area (Å²) in [6.07, 6.45) is 3.87. The van der Waals surface area contributed by atoms with Crippen molar-refractivity contribution in [1.29, 1.82) is 0 Å². The van der Waals surface area contributed by atoms with Crippen molar-refractivity contribution in [1.82, 2.24) is 25.4 Å². The number of likely N-dealkylation sites (N-methyl/N-ethyl adjacent to an activating group) is 2. The lowest BCUT2D eigenvalue weighted by Gasteiger charge is -2.37. The first-order valence-corrected chi connectivity index (χ1v) is 19.2. The van der Waals surface area contributed by atoms with Crippen molar-refractivity contribution in [2.24, 2.45) is 11.8 Å². The first kappa shape index (κ1) is 41.8. The summed E-state index contributed by atoms with van der Waals surface area (Å²) < 4.78 is 38.2. The second-order valence-electron chi connectivity index (χ2n) is 14.8. The quantitative estimate of drug-likeness (QED) is 0.214. The fourth-order valence-electron chi connectivity index (χ4n) is 7.10. The van der Waals surface area contributed by atoms with Crippen molar-refractivity contribution >= 4 is 41.0 Å². The van der Waals surface area contributed by atoms with E-state index < -0.39 is 59.1 Å². The molecule has 15 heteroatoms. The molecule has 1 saturated carbocycles. The first-order valence-electron chi connectivity index (χ1n) is 18.3. The largest absolute Gasteiger partial charge is 0.469 e. The molecule has 4 rings (SSSR count). The van der Waals surface area contributed by atoms with Crippen molar-refractivity contribution in [2.75, 3.05) is 27.7 Å². The van der Waals surface area contributed by atoms with Crippen molar-refractivity contribution in [3.63, 3.8) is 0 Å². The van der Waals surface area contributed by atoms with Crippen LogP contribution in [0, 0.1) is 23.5 Å². The molecule has 1 saturated heterocycles. The normalized spacial score (nSPS) is 19.0. The highest BCUT2D eigenvalue weighted by atomic mass is 32.1. The molecular formula is C38H53F2N5O7S. The van der Waals surface area contributed by atoms with Crippen LogP contribution in [0.4, 0.5) is 8.78 Å². The van der Waals surface area contributed by atoms with Crippen LogP contribution in [0.3, 0.4) is 0 Å². The van der Waals surface area contributed by atoms with E-state index >= 15 is 0 Å². The number of esters is 2. The maximum Gasteiger partial charge on any atom is 0.308 e. The van der Waals surface area contributed by atoms with Crippen molar-refractivity contribution in [2.45, 2.75) is 115 Å². The smallest absolute Gasteiger partial charge is 0.308 e. The summed E-state index contributed by atoms with van der Waals surface area (Å²) in [4.78, 5) is 73.5. The van der Waals surface area contributed by atoms with Crippen LogP contribution in [0.2, 0.25) is 0 Å². The second kappa shape index (κ2) is 18.4. The Morgan fingerprint density at radius 1 is 1.08 bits per heavy atom. The van der Waals surface area contributed by atoms with Gasteiger partial charge in [0.1, 0.15) is 27.9 Å². The Morgan fingerprint density at radius 3 is 2.34 bits per heavy atom. The zero-order valence-electron chi connectivity index (χ0n) is 31.7. The predicted molar refractivity (Wildman–Crippen MR) is 195 cm³/mol. The van der Waals surface area contributed by atoms with E-state index in [1.165, 1.54) is 26.2 Å². The molecular weight excluding hydrogens is 709 g/mol. The van der Waals surface area contributed by atoms with E-state index in [2.05, 4.69) is 15.6 Å². The number of likely N-dealkylation sites (tertiary alicyclic amines) is 1. The molecule has 5 atom stereocenters. The highest BCUT2D eigenvalue weighted by Gasteiger charge is 2.54. The summed E-state index contributed by atoms with van der Waals surface area (Å²) in [7, 11) is 4.90. The molecule has 53 heavy (non-hydrogen) atoms. The Balaban J connectivity index is 1.47. The van der Waals surface area contributed by atoms with Crippen LogP contribution in [-0.4, -0.2) is 95.9 Å². The summed E-state index contributed by atoms with van der Waals surface area (Å²) in [5.41, 5.74) is -0.499. The van der Waals surface area contributed by atoms with Gasteiger partial charge in [-0.2, -0.15) is 0 Å². The highest BCUT2D eigenvalue weighted by Crippen LogP contribution is 2.40. The number of thiazole rings is 1. The fraction of sp³-hybridized carbons (Fsp3) is 0.632. The van der Waals surface area contributed by atoms with E-state index in [-0.39, 0.29) is 55.2 Å². The lowest BCUT2D eigenvalue weighted by atomic mass is 9.95. The number of methoxy groups -OCH3 is 1. The lowest BCUT2D eigenvalue weighted by Crippen LogP contribution is -2.57. The summed E-state index contributed by atoms with van der Waals surface area (Å²) in [5, 5.41) is 7.87. The van der Waals surface area contributed by atoms with Crippen molar-refractivity contribution in [3.8, 4) is 0 Å². The number of carbonyl (C=O) groups excluding carboxylic acids is 5. The molecule has 3 amide bonds. The number of amides is 3. The van der Waals surface area contributed by atoms with E-state index in [0.29, 0.717) is 23.4 Å². The number of nitrogens with zero attached hydrogens (tertiary/aromatic N) is 3. The van der Waals surface area contributed by atoms with Gasteiger partial charge in [-0.1, -0.05) is 27.2 Å². The monoisotopic (exact) mass is 761 g/mol. The van der Waals surface area contributed by atoms with Gasteiger partial charge >= 0.3 is 11.9 Å². The average molecular weight is 762 g/mol. The molecule has 0 bridgehead atoms. The van der Waals surface area contributed by atoms with Gasteiger partial charge in [-0.15, -0.1) is 11.3 Å². The minimum absolute atomic E-state index is 0.0625. The van der Waals surface area contributed by atoms with Crippen LogP contribution >= 0.6 is 11.3 Å². The summed E-state index contributed by atoms with van der Waals surface area (Å²) in [6.45, 7) is 7.70. The standard InChI is InChI=1S/C38H53F2N5O7S/c1-22(2)31(45(6)37(50)38(13-14-38)43-34(48)30-10-8-9-15-44(30)5)20-32(52-24(4)46)35-42-29(21-53-35)33(47)41-28(16-23(3)36(49)51-7)12-11-25-17-26(39)19-27(40)18-25/h17-19,21-23,28,30-32H,8-16,20H2,1-7H3,(H,41,47)(H,43,48)/t23-,28-,30+,31+,32+/m0/s1. The molecule has 2 aromatic rings. The molecule has 0 radical (unpaired) electrons. The molecule has 2 fully saturated rings. The minimum atomic E-state index is -0.967. The molecule has 0 unspecified atom stereocenters. The Labute approximate surface area is 314 Å². The van der Waals surface area contributed by atoms with Gasteiger partial charge < -0.3 is 25.0 Å². The number of nitrogens with one attached hydrogen (secondary N) is 2. The third-order valence-electron chi connectivity index (χ3n) is 10.3. The number of hydrogen-bond donors (Lipinski definition) is 2. The molecule has 1 aliphatic heterocycles. The molecule has 1 aromatic carbocycles. The molecule has 1 aliphatic carbocycles. The fourth-order valence-corrected chi connectivity index (χ4v) is 7.94. The molecule has 2 N–H and O–H groups in total. The van der Waals surface area contributed by atoms with Gasteiger partial charge in [0.15, 0.2) is 6.10 Å². The van der Waals surface area contributed by atoms with E-state index in [1.807, 2.05) is 25.8 Å². The number of hydrogen-bond acceptors (Lipinski definition) is 10. The Hall–Kier alpha value is -3.98. The van der Waals surface area contributed by atoms with Gasteiger partial charge in [0, 0.05) is 43.9 Å². The number of aryl methyl sites for hydroxylation is 1. The summed E-state index contributed by atoms with van der Waals surface area (Å²) in [5.74, 6) is -3.94. The Kier molecular flexibility index (Phi) is 14.5. The zero-order chi connectivity index (χ0) is 39.0. The van der Waals surface area contributed by atoms with Gasteiger partial charge in [-0.05, 0) is 82.2 Å². The molecule has 2 aliphatic rings. The van der Waals surface area contributed by atoms with E-state index in [4.69, 9.17) is 9.47 Å². The van der Waals surface area contributed by atoms with Gasteiger partial charge in [0.2, 0.25) is 11.8 Å².